The van der Waals surface area contributed by atoms with Crippen LogP contribution >= 0.6 is 0 Å². The molecule has 28 heavy (non-hydrogen) atoms. The number of amides is 1. The highest BCUT2D eigenvalue weighted by Crippen LogP contribution is 2.39. The summed E-state index contributed by atoms with van der Waals surface area (Å²) in [6.45, 7) is 1.21. The van der Waals surface area contributed by atoms with E-state index in [4.69, 9.17) is 13.9 Å². The molecule has 0 spiro atoms. The van der Waals surface area contributed by atoms with Gasteiger partial charge in [-0.3, -0.25) is 4.79 Å². The normalized spacial score (nSPS) is 26.6. The van der Waals surface area contributed by atoms with Crippen LogP contribution in [0.15, 0.2) is 47.1 Å². The number of aliphatic hydroxyl groups is 1. The molecule has 1 aromatic heterocycles. The van der Waals surface area contributed by atoms with E-state index < -0.39 is 18.2 Å². The number of carbonyl (C=O) groups is 2. The summed E-state index contributed by atoms with van der Waals surface area (Å²) in [6.07, 6.45) is 1.56. The minimum atomic E-state index is -0.661. The summed E-state index contributed by atoms with van der Waals surface area (Å²) in [5.41, 5.74) is 0.334. The van der Waals surface area contributed by atoms with Gasteiger partial charge in [0.05, 0.1) is 19.5 Å². The SMILES string of the molecule is COC(=O)c1ccccc1O[C@@H]1C[C@@H]2CN(C(=O)c3ccco3)C[C@@H]2C[C@H]1O. The van der Waals surface area contributed by atoms with Crippen LogP contribution in [0.4, 0.5) is 0 Å². The Bertz CT molecular complexity index is 848. The van der Waals surface area contributed by atoms with Gasteiger partial charge in [-0.15, -0.1) is 0 Å². The summed E-state index contributed by atoms with van der Waals surface area (Å²) in [5.74, 6) is 0.594. The van der Waals surface area contributed by atoms with Crippen molar-refractivity contribution in [3.63, 3.8) is 0 Å². The lowest BCUT2D eigenvalue weighted by Gasteiger charge is -2.35. The molecule has 1 N–H and O–H groups in total. The second-order valence-corrected chi connectivity index (χ2v) is 7.39. The molecule has 2 aliphatic rings. The quantitative estimate of drug-likeness (QED) is 0.813. The molecular formula is C21H23NO6. The van der Waals surface area contributed by atoms with E-state index >= 15 is 0 Å². The fourth-order valence-corrected chi connectivity index (χ4v) is 4.25. The Morgan fingerprint density at radius 3 is 2.57 bits per heavy atom. The first-order valence-electron chi connectivity index (χ1n) is 9.41. The van der Waals surface area contributed by atoms with Gasteiger partial charge in [-0.1, -0.05) is 12.1 Å². The lowest BCUT2D eigenvalue weighted by molar-refractivity contribution is -0.0237. The van der Waals surface area contributed by atoms with Gasteiger partial charge in [-0.2, -0.15) is 0 Å². The second kappa shape index (κ2) is 7.67. The zero-order valence-corrected chi connectivity index (χ0v) is 15.6. The van der Waals surface area contributed by atoms with E-state index in [9.17, 15) is 14.7 Å². The molecule has 2 heterocycles. The van der Waals surface area contributed by atoms with Crippen LogP contribution in [0.3, 0.4) is 0 Å². The molecule has 148 valence electrons. The number of carbonyl (C=O) groups excluding carboxylic acids is 2. The molecule has 1 aliphatic heterocycles. The molecule has 1 aliphatic carbocycles. The van der Waals surface area contributed by atoms with Crippen LogP contribution in [0.5, 0.6) is 5.75 Å². The van der Waals surface area contributed by atoms with Crippen LogP contribution in [0.2, 0.25) is 0 Å². The number of hydrogen-bond donors (Lipinski definition) is 1. The van der Waals surface area contributed by atoms with Gasteiger partial charge in [0, 0.05) is 13.1 Å². The third kappa shape index (κ3) is 3.49. The Hall–Kier alpha value is -2.80. The smallest absolute Gasteiger partial charge is 0.341 e. The van der Waals surface area contributed by atoms with Crippen molar-refractivity contribution >= 4 is 11.9 Å². The van der Waals surface area contributed by atoms with Crippen molar-refractivity contribution in [3.8, 4) is 5.75 Å². The highest BCUT2D eigenvalue weighted by Gasteiger charge is 2.44. The molecule has 4 rings (SSSR count). The number of furan rings is 1. The monoisotopic (exact) mass is 385 g/mol. The van der Waals surface area contributed by atoms with Crippen LogP contribution in [0.25, 0.3) is 0 Å². The lowest BCUT2D eigenvalue weighted by atomic mass is 9.78. The average Bonchev–Trinajstić information content (AvgIpc) is 3.37. The van der Waals surface area contributed by atoms with Crippen LogP contribution in [0, 0.1) is 11.8 Å². The van der Waals surface area contributed by atoms with E-state index in [1.165, 1.54) is 13.4 Å². The predicted molar refractivity (Wildman–Crippen MR) is 99.0 cm³/mol. The van der Waals surface area contributed by atoms with Gasteiger partial charge in [-0.25, -0.2) is 4.79 Å². The number of esters is 1. The van der Waals surface area contributed by atoms with Gasteiger partial charge in [0.2, 0.25) is 0 Å². The Morgan fingerprint density at radius 1 is 1.11 bits per heavy atom. The number of aliphatic hydroxyl groups excluding tert-OH is 1. The van der Waals surface area contributed by atoms with Crippen LogP contribution in [-0.4, -0.2) is 54.3 Å². The summed E-state index contributed by atoms with van der Waals surface area (Å²) >= 11 is 0. The number of benzene rings is 1. The number of methoxy groups -OCH3 is 1. The van der Waals surface area contributed by atoms with Crippen LogP contribution in [-0.2, 0) is 4.74 Å². The first-order chi connectivity index (χ1) is 13.6. The van der Waals surface area contributed by atoms with Crippen molar-refractivity contribution in [1.82, 2.24) is 4.90 Å². The van der Waals surface area contributed by atoms with Crippen molar-refractivity contribution in [1.29, 1.82) is 0 Å². The summed E-state index contributed by atoms with van der Waals surface area (Å²) in [4.78, 5) is 26.3. The molecule has 1 aromatic carbocycles. The van der Waals surface area contributed by atoms with Gasteiger partial charge < -0.3 is 23.9 Å². The molecule has 2 fully saturated rings. The number of rotatable bonds is 4. The van der Waals surface area contributed by atoms with Gasteiger partial charge in [0.15, 0.2) is 5.76 Å². The molecule has 4 atom stereocenters. The van der Waals surface area contributed by atoms with Crippen molar-refractivity contribution in [2.24, 2.45) is 11.8 Å². The topological polar surface area (TPSA) is 89.2 Å². The Kier molecular flexibility index (Phi) is 5.09. The van der Waals surface area contributed by atoms with Crippen molar-refractivity contribution < 1.29 is 28.6 Å². The first kappa shape index (κ1) is 18.6. The van der Waals surface area contributed by atoms with E-state index in [1.807, 2.05) is 0 Å². The van der Waals surface area contributed by atoms with Gasteiger partial charge >= 0.3 is 5.97 Å². The van der Waals surface area contributed by atoms with Crippen LogP contribution < -0.4 is 4.74 Å². The number of fused-ring (bicyclic) bond motifs is 1. The summed E-state index contributed by atoms with van der Waals surface area (Å²) in [5, 5.41) is 10.6. The largest absolute Gasteiger partial charge is 0.487 e. The third-order valence-corrected chi connectivity index (χ3v) is 5.67. The third-order valence-electron chi connectivity index (χ3n) is 5.67. The Morgan fingerprint density at radius 2 is 1.86 bits per heavy atom. The summed E-state index contributed by atoms with van der Waals surface area (Å²) in [7, 11) is 1.32. The fraction of sp³-hybridized carbons (Fsp3) is 0.429. The Labute approximate surface area is 162 Å². The summed E-state index contributed by atoms with van der Waals surface area (Å²) < 4.78 is 16.0. The van der Waals surface area contributed by atoms with E-state index in [-0.39, 0.29) is 17.7 Å². The molecule has 7 nitrogen and oxygen atoms in total. The van der Waals surface area contributed by atoms with E-state index in [1.54, 1.807) is 41.3 Å². The highest BCUT2D eigenvalue weighted by molar-refractivity contribution is 5.92. The van der Waals surface area contributed by atoms with E-state index in [2.05, 4.69) is 0 Å². The zero-order valence-electron chi connectivity index (χ0n) is 15.6. The number of nitrogens with zero attached hydrogens (tertiary/aromatic N) is 1. The highest BCUT2D eigenvalue weighted by atomic mass is 16.5. The first-order valence-corrected chi connectivity index (χ1v) is 9.41. The van der Waals surface area contributed by atoms with Crippen molar-refractivity contribution in [2.45, 2.75) is 25.0 Å². The number of para-hydroxylation sites is 1. The Balaban J connectivity index is 1.45. The summed E-state index contributed by atoms with van der Waals surface area (Å²) in [6, 6.07) is 10.2. The second-order valence-electron chi connectivity index (χ2n) is 7.39. The molecule has 1 saturated carbocycles. The van der Waals surface area contributed by atoms with E-state index in [0.29, 0.717) is 43.0 Å². The fourth-order valence-electron chi connectivity index (χ4n) is 4.25. The standard InChI is InChI=1S/C21H23NO6/c1-26-21(25)15-5-2-3-6-17(15)28-19-10-14-12-22(11-13(14)9-16(19)23)20(24)18-7-4-8-27-18/h2-8,13-14,16,19,23H,9-12H2,1H3/t13-,14+,16+,19+/m0/s1. The maximum atomic E-state index is 12.5. The minimum absolute atomic E-state index is 0.123. The number of ether oxygens (including phenoxy) is 2. The molecule has 0 bridgehead atoms. The number of hydrogen-bond acceptors (Lipinski definition) is 6. The van der Waals surface area contributed by atoms with E-state index in [0.717, 1.165) is 0 Å². The van der Waals surface area contributed by atoms with Crippen molar-refractivity contribution in [2.75, 3.05) is 20.2 Å². The maximum absolute atomic E-state index is 12.5. The van der Waals surface area contributed by atoms with Gasteiger partial charge in [0.25, 0.3) is 5.91 Å². The zero-order chi connectivity index (χ0) is 19.7. The average molecular weight is 385 g/mol. The lowest BCUT2D eigenvalue weighted by Crippen LogP contribution is -2.42. The van der Waals surface area contributed by atoms with Crippen molar-refractivity contribution in [3.05, 3.63) is 54.0 Å². The molecule has 1 saturated heterocycles. The predicted octanol–water partition coefficient (Wildman–Crippen LogP) is 2.36. The van der Waals surface area contributed by atoms with Gasteiger partial charge in [0.1, 0.15) is 17.4 Å². The van der Waals surface area contributed by atoms with Gasteiger partial charge in [-0.05, 0) is 48.9 Å². The molecule has 1 amide bonds. The number of likely N-dealkylation sites (tertiary alicyclic amines) is 1. The molecule has 2 aromatic rings. The van der Waals surface area contributed by atoms with Crippen LogP contribution in [0.1, 0.15) is 33.8 Å². The maximum Gasteiger partial charge on any atom is 0.341 e. The minimum Gasteiger partial charge on any atom is -0.487 e. The molecule has 7 heteroatoms. The molecule has 0 radical (unpaired) electrons. The molecular weight excluding hydrogens is 362 g/mol. The molecule has 0 unspecified atom stereocenters.